The highest BCUT2D eigenvalue weighted by Gasteiger charge is 2.11. The molecular formula is C12H18N4O4. The Morgan fingerprint density at radius 3 is 2.85 bits per heavy atom. The fourth-order valence-electron chi connectivity index (χ4n) is 2.14. The highest BCUT2D eigenvalue weighted by atomic mass is 16.3. The Bertz CT molecular complexity index is 700. The highest BCUT2D eigenvalue weighted by Crippen LogP contribution is 2.08. The van der Waals surface area contributed by atoms with Gasteiger partial charge in [-0.2, -0.15) is 0 Å². The van der Waals surface area contributed by atoms with Crippen LogP contribution in [-0.4, -0.2) is 42.0 Å². The van der Waals surface area contributed by atoms with E-state index in [4.69, 9.17) is 5.11 Å². The Morgan fingerprint density at radius 1 is 1.40 bits per heavy atom. The van der Waals surface area contributed by atoms with Crippen LogP contribution in [0, 0.1) is 0 Å². The van der Waals surface area contributed by atoms with Crippen LogP contribution in [0.5, 0.6) is 0 Å². The van der Waals surface area contributed by atoms with E-state index in [1.54, 1.807) is 11.6 Å². The lowest BCUT2D eigenvalue weighted by molar-refractivity contribution is 0.0859. The van der Waals surface area contributed by atoms with Gasteiger partial charge in [0.05, 0.1) is 19.0 Å². The number of fused-ring (bicyclic) bond motifs is 1. The molecule has 2 heterocycles. The van der Waals surface area contributed by atoms with Gasteiger partial charge in [-0.3, -0.25) is 14.3 Å². The molecule has 0 aromatic carbocycles. The zero-order valence-corrected chi connectivity index (χ0v) is 11.2. The summed E-state index contributed by atoms with van der Waals surface area (Å²) in [5, 5.41) is 18.0. The number of hydrogen-bond donors (Lipinski definition) is 3. The van der Waals surface area contributed by atoms with Crippen LogP contribution in [0.15, 0.2) is 15.9 Å². The van der Waals surface area contributed by atoms with Crippen molar-refractivity contribution in [2.75, 3.05) is 6.61 Å². The van der Waals surface area contributed by atoms with Gasteiger partial charge < -0.3 is 14.8 Å². The van der Waals surface area contributed by atoms with E-state index < -0.39 is 17.4 Å². The third-order valence-electron chi connectivity index (χ3n) is 3.27. The standard InChI is InChI=1S/C12H18N4O4/c1-15-11-9(10(19)14-12(15)20)13-7-16(11)5-3-2-4-8(18)6-17/h7-8,17-18H,2-6H2,1H3,(H,14,19,20). The molecule has 1 unspecified atom stereocenters. The summed E-state index contributed by atoms with van der Waals surface area (Å²) in [6, 6.07) is 0. The van der Waals surface area contributed by atoms with Crippen molar-refractivity contribution in [3.63, 3.8) is 0 Å². The van der Waals surface area contributed by atoms with E-state index in [-0.39, 0.29) is 12.1 Å². The minimum Gasteiger partial charge on any atom is -0.394 e. The maximum Gasteiger partial charge on any atom is 0.329 e. The van der Waals surface area contributed by atoms with E-state index in [0.717, 1.165) is 12.8 Å². The average Bonchev–Trinajstić information content (AvgIpc) is 2.85. The minimum absolute atomic E-state index is 0.238. The smallest absolute Gasteiger partial charge is 0.329 e. The lowest BCUT2D eigenvalue weighted by Crippen LogP contribution is -2.29. The topological polar surface area (TPSA) is 113 Å². The maximum absolute atomic E-state index is 11.6. The molecule has 0 saturated carbocycles. The second-order valence-electron chi connectivity index (χ2n) is 4.76. The van der Waals surface area contributed by atoms with Gasteiger partial charge in [-0.1, -0.05) is 0 Å². The molecule has 0 aliphatic heterocycles. The number of nitrogens with zero attached hydrogens (tertiary/aromatic N) is 3. The second-order valence-corrected chi connectivity index (χ2v) is 4.76. The van der Waals surface area contributed by atoms with Crippen molar-refractivity contribution in [3.8, 4) is 0 Å². The molecule has 0 aliphatic carbocycles. The summed E-state index contributed by atoms with van der Waals surface area (Å²) < 4.78 is 3.10. The van der Waals surface area contributed by atoms with Crippen molar-refractivity contribution in [1.82, 2.24) is 19.1 Å². The molecule has 2 aromatic heterocycles. The first kappa shape index (κ1) is 14.5. The van der Waals surface area contributed by atoms with Crippen LogP contribution >= 0.6 is 0 Å². The zero-order valence-electron chi connectivity index (χ0n) is 11.2. The van der Waals surface area contributed by atoms with Gasteiger partial charge in [-0.15, -0.1) is 0 Å². The van der Waals surface area contributed by atoms with Crippen LogP contribution in [-0.2, 0) is 13.6 Å². The summed E-state index contributed by atoms with van der Waals surface area (Å²) in [4.78, 5) is 29.4. The van der Waals surface area contributed by atoms with Crippen LogP contribution in [0.25, 0.3) is 11.2 Å². The summed E-state index contributed by atoms with van der Waals surface area (Å²) in [6.07, 6.45) is 2.84. The number of nitrogens with one attached hydrogen (secondary N) is 1. The first-order valence-electron chi connectivity index (χ1n) is 6.47. The third-order valence-corrected chi connectivity index (χ3v) is 3.27. The van der Waals surface area contributed by atoms with E-state index in [1.165, 1.54) is 10.9 Å². The summed E-state index contributed by atoms with van der Waals surface area (Å²) in [5.41, 5.74) is -0.235. The number of rotatable bonds is 6. The molecule has 110 valence electrons. The predicted molar refractivity (Wildman–Crippen MR) is 72.5 cm³/mol. The van der Waals surface area contributed by atoms with E-state index in [1.807, 2.05) is 0 Å². The van der Waals surface area contributed by atoms with Gasteiger partial charge in [0, 0.05) is 13.6 Å². The SMILES string of the molecule is Cn1c(=O)[nH]c(=O)c2ncn(CCCCC(O)CO)c21. The number of H-pyrrole nitrogens is 1. The molecule has 0 aliphatic rings. The molecule has 0 saturated heterocycles. The van der Waals surface area contributed by atoms with Gasteiger partial charge >= 0.3 is 5.69 Å². The molecule has 3 N–H and O–H groups in total. The molecule has 8 heteroatoms. The largest absolute Gasteiger partial charge is 0.394 e. The Morgan fingerprint density at radius 2 is 2.15 bits per heavy atom. The fraction of sp³-hybridized carbons (Fsp3) is 0.583. The summed E-state index contributed by atoms with van der Waals surface area (Å²) in [6.45, 7) is 0.350. The van der Waals surface area contributed by atoms with Crippen LogP contribution in [0.2, 0.25) is 0 Å². The Balaban J connectivity index is 2.16. The van der Waals surface area contributed by atoms with Crippen molar-refractivity contribution in [2.45, 2.75) is 31.9 Å². The first-order valence-corrected chi connectivity index (χ1v) is 6.47. The lowest BCUT2D eigenvalue weighted by Gasteiger charge is -2.08. The van der Waals surface area contributed by atoms with Gasteiger partial charge in [-0.05, 0) is 19.3 Å². The van der Waals surface area contributed by atoms with E-state index in [2.05, 4.69) is 9.97 Å². The number of aromatic nitrogens is 4. The minimum atomic E-state index is -0.693. The highest BCUT2D eigenvalue weighted by molar-refractivity contribution is 5.69. The number of aliphatic hydroxyl groups is 2. The van der Waals surface area contributed by atoms with E-state index in [0.29, 0.717) is 18.6 Å². The van der Waals surface area contributed by atoms with Crippen LogP contribution < -0.4 is 11.2 Å². The van der Waals surface area contributed by atoms with Crippen molar-refractivity contribution >= 4 is 11.2 Å². The van der Waals surface area contributed by atoms with E-state index in [9.17, 15) is 14.7 Å². The molecule has 8 nitrogen and oxygen atoms in total. The molecule has 0 fully saturated rings. The molecule has 20 heavy (non-hydrogen) atoms. The number of aryl methyl sites for hydroxylation is 2. The van der Waals surface area contributed by atoms with Crippen molar-refractivity contribution in [1.29, 1.82) is 0 Å². The van der Waals surface area contributed by atoms with Crippen LogP contribution in [0.3, 0.4) is 0 Å². The summed E-state index contributed by atoms with van der Waals surface area (Å²) in [5.74, 6) is 0. The van der Waals surface area contributed by atoms with Crippen molar-refractivity contribution in [3.05, 3.63) is 27.2 Å². The monoisotopic (exact) mass is 282 g/mol. The van der Waals surface area contributed by atoms with Crippen molar-refractivity contribution in [2.24, 2.45) is 7.05 Å². The van der Waals surface area contributed by atoms with Gasteiger partial charge in [-0.25, -0.2) is 9.78 Å². The maximum atomic E-state index is 11.6. The number of hydrogen-bond acceptors (Lipinski definition) is 5. The number of imidazole rings is 1. The first-order chi connectivity index (χ1) is 9.54. The normalized spacial score (nSPS) is 12.9. The summed E-state index contributed by atoms with van der Waals surface area (Å²) >= 11 is 0. The number of aromatic amines is 1. The molecule has 2 rings (SSSR count). The van der Waals surface area contributed by atoms with Crippen molar-refractivity contribution < 1.29 is 10.2 Å². The third kappa shape index (κ3) is 2.81. The van der Waals surface area contributed by atoms with Crippen LogP contribution in [0.1, 0.15) is 19.3 Å². The zero-order chi connectivity index (χ0) is 14.7. The number of aliphatic hydroxyl groups excluding tert-OH is 2. The molecule has 1 atom stereocenters. The Kier molecular flexibility index (Phi) is 4.35. The fourth-order valence-corrected chi connectivity index (χ4v) is 2.14. The van der Waals surface area contributed by atoms with E-state index >= 15 is 0 Å². The molecule has 0 amide bonds. The van der Waals surface area contributed by atoms with Crippen LogP contribution in [0.4, 0.5) is 0 Å². The molecular weight excluding hydrogens is 264 g/mol. The quantitative estimate of drug-likeness (QED) is 0.585. The summed E-state index contributed by atoms with van der Waals surface area (Å²) in [7, 11) is 1.58. The molecule has 2 aromatic rings. The van der Waals surface area contributed by atoms with Gasteiger partial charge in [0.1, 0.15) is 5.65 Å². The average molecular weight is 282 g/mol. The molecule has 0 radical (unpaired) electrons. The second kappa shape index (κ2) is 6.02. The van der Waals surface area contributed by atoms with Gasteiger partial charge in [0.15, 0.2) is 5.52 Å². The number of unbranched alkanes of at least 4 members (excludes halogenated alkanes) is 1. The Labute approximate surface area is 114 Å². The Hall–Kier alpha value is -1.93. The molecule has 0 spiro atoms. The predicted octanol–water partition coefficient (Wildman–Crippen LogP) is -1.05. The van der Waals surface area contributed by atoms with Gasteiger partial charge in [0.2, 0.25) is 0 Å². The van der Waals surface area contributed by atoms with Gasteiger partial charge in [0.25, 0.3) is 5.56 Å². The lowest BCUT2D eigenvalue weighted by atomic mass is 10.1. The molecule has 0 bridgehead atoms.